The highest BCUT2D eigenvalue weighted by atomic mass is 32.1. The molecule has 2 heterocycles. The number of ether oxygens (including phenoxy) is 1. The van der Waals surface area contributed by atoms with Crippen LogP contribution in [0.15, 0.2) is 29.6 Å². The molecule has 0 saturated carbocycles. The molecule has 1 N–H and O–H groups in total. The van der Waals surface area contributed by atoms with Crippen molar-refractivity contribution in [1.29, 1.82) is 0 Å². The zero-order valence-corrected chi connectivity index (χ0v) is 13.3. The van der Waals surface area contributed by atoms with Crippen LogP contribution < -0.4 is 10.1 Å². The molecule has 5 heteroatoms. The average molecular weight is 303 g/mol. The van der Waals surface area contributed by atoms with Gasteiger partial charge < -0.3 is 10.1 Å². The molecule has 0 bridgehead atoms. The van der Waals surface area contributed by atoms with Crippen LogP contribution in [0.4, 0.5) is 5.13 Å². The third-order valence-corrected chi connectivity index (χ3v) is 4.90. The number of methoxy groups -OCH3 is 1. The smallest absolute Gasteiger partial charge is 0.182 e. The zero-order valence-electron chi connectivity index (χ0n) is 12.5. The Balaban J connectivity index is 1.79. The van der Waals surface area contributed by atoms with Gasteiger partial charge >= 0.3 is 0 Å². The Kier molecular flexibility index (Phi) is 4.41. The fraction of sp³-hybridized carbons (Fsp3) is 0.438. The van der Waals surface area contributed by atoms with Crippen molar-refractivity contribution in [1.82, 2.24) is 9.88 Å². The summed E-state index contributed by atoms with van der Waals surface area (Å²) in [6.45, 7) is 2.02. The Morgan fingerprint density at radius 3 is 3.05 bits per heavy atom. The van der Waals surface area contributed by atoms with Crippen LogP contribution in [0.3, 0.4) is 0 Å². The predicted octanol–water partition coefficient (Wildman–Crippen LogP) is 3.53. The Hall–Kier alpha value is -1.59. The van der Waals surface area contributed by atoms with E-state index in [-0.39, 0.29) is 0 Å². The number of rotatable bonds is 5. The lowest BCUT2D eigenvalue weighted by molar-refractivity contribution is 0.241. The molecule has 0 spiro atoms. The second-order valence-corrected chi connectivity index (χ2v) is 6.12. The molecule has 1 aliphatic rings. The van der Waals surface area contributed by atoms with Crippen molar-refractivity contribution in [3.05, 3.63) is 40.9 Å². The summed E-state index contributed by atoms with van der Waals surface area (Å²) < 4.78 is 5.53. The van der Waals surface area contributed by atoms with Crippen LogP contribution >= 0.6 is 11.3 Å². The number of para-hydroxylation sites is 1. The molecule has 0 aliphatic carbocycles. The van der Waals surface area contributed by atoms with E-state index in [0.717, 1.165) is 29.7 Å². The second kappa shape index (κ2) is 6.45. The highest BCUT2D eigenvalue weighted by Crippen LogP contribution is 2.37. The van der Waals surface area contributed by atoms with Gasteiger partial charge in [0.2, 0.25) is 0 Å². The molecule has 0 unspecified atom stereocenters. The van der Waals surface area contributed by atoms with Gasteiger partial charge in [0.05, 0.1) is 12.8 Å². The van der Waals surface area contributed by atoms with Crippen molar-refractivity contribution in [2.75, 3.05) is 26.0 Å². The molecular weight excluding hydrogens is 282 g/mol. The quantitative estimate of drug-likeness (QED) is 0.917. The molecule has 4 nitrogen and oxygen atoms in total. The molecule has 3 rings (SSSR count). The van der Waals surface area contributed by atoms with E-state index in [0.29, 0.717) is 6.04 Å². The van der Waals surface area contributed by atoms with E-state index in [2.05, 4.69) is 32.7 Å². The van der Waals surface area contributed by atoms with E-state index in [9.17, 15) is 0 Å². The predicted molar refractivity (Wildman–Crippen MR) is 87.0 cm³/mol. The first kappa shape index (κ1) is 14.4. The summed E-state index contributed by atoms with van der Waals surface area (Å²) in [7, 11) is 3.66. The van der Waals surface area contributed by atoms with Crippen LogP contribution in [0.25, 0.3) is 0 Å². The lowest BCUT2D eigenvalue weighted by Gasteiger charge is -2.25. The lowest BCUT2D eigenvalue weighted by Crippen LogP contribution is -2.23. The van der Waals surface area contributed by atoms with Gasteiger partial charge in [0.25, 0.3) is 0 Å². The second-order valence-electron chi connectivity index (χ2n) is 5.26. The fourth-order valence-electron chi connectivity index (χ4n) is 3.01. The Labute approximate surface area is 129 Å². The van der Waals surface area contributed by atoms with Crippen LogP contribution in [0, 0.1) is 0 Å². The monoisotopic (exact) mass is 303 g/mol. The number of hydrogen-bond acceptors (Lipinski definition) is 5. The lowest BCUT2D eigenvalue weighted by atomic mass is 10.0. The average Bonchev–Trinajstić information content (AvgIpc) is 3.17. The first-order valence-electron chi connectivity index (χ1n) is 7.31. The third kappa shape index (κ3) is 3.04. The van der Waals surface area contributed by atoms with Crippen LogP contribution in [0.2, 0.25) is 0 Å². The summed E-state index contributed by atoms with van der Waals surface area (Å²) in [5.74, 6) is 0.989. The summed E-state index contributed by atoms with van der Waals surface area (Å²) in [6, 6.07) is 8.79. The number of anilines is 1. The van der Waals surface area contributed by atoms with Crippen molar-refractivity contribution >= 4 is 16.5 Å². The molecule has 1 atom stereocenters. The Morgan fingerprint density at radius 1 is 1.43 bits per heavy atom. The number of thiazole rings is 1. The number of hydrogen-bond donors (Lipinski definition) is 1. The number of nitrogens with one attached hydrogen (secondary N) is 1. The molecular formula is C16H21N3OS. The van der Waals surface area contributed by atoms with E-state index >= 15 is 0 Å². The van der Waals surface area contributed by atoms with Gasteiger partial charge in [0.1, 0.15) is 5.75 Å². The molecule has 2 aromatic rings. The summed E-state index contributed by atoms with van der Waals surface area (Å²) in [6.07, 6.45) is 2.41. The molecule has 112 valence electrons. The number of benzene rings is 1. The van der Waals surface area contributed by atoms with Gasteiger partial charge in [0.15, 0.2) is 5.13 Å². The number of nitrogens with zero attached hydrogens (tertiary/aromatic N) is 2. The highest BCUT2D eigenvalue weighted by Gasteiger charge is 2.28. The topological polar surface area (TPSA) is 37.4 Å². The maximum Gasteiger partial charge on any atom is 0.182 e. The van der Waals surface area contributed by atoms with Gasteiger partial charge in [-0.1, -0.05) is 18.2 Å². The maximum atomic E-state index is 5.53. The zero-order chi connectivity index (χ0) is 14.7. The largest absolute Gasteiger partial charge is 0.496 e. The van der Waals surface area contributed by atoms with E-state index < -0.39 is 0 Å². The van der Waals surface area contributed by atoms with Crippen molar-refractivity contribution in [2.24, 2.45) is 0 Å². The fourth-order valence-corrected chi connectivity index (χ4v) is 3.67. The van der Waals surface area contributed by atoms with Crippen molar-refractivity contribution in [3.8, 4) is 5.75 Å². The summed E-state index contributed by atoms with van der Waals surface area (Å²) in [4.78, 5) is 7.10. The molecule has 1 aromatic heterocycles. The van der Waals surface area contributed by atoms with E-state index in [1.165, 1.54) is 18.4 Å². The van der Waals surface area contributed by atoms with Gasteiger partial charge in [-0.05, 0) is 25.5 Å². The van der Waals surface area contributed by atoms with E-state index in [1.807, 2.05) is 19.2 Å². The van der Waals surface area contributed by atoms with Gasteiger partial charge in [-0.3, -0.25) is 4.90 Å². The number of aromatic nitrogens is 1. The molecule has 1 fully saturated rings. The van der Waals surface area contributed by atoms with Gasteiger partial charge in [-0.15, -0.1) is 11.3 Å². The first-order valence-corrected chi connectivity index (χ1v) is 8.19. The standard InChI is InChI=1S/C16H21N3OS/c1-17-16-18-12(11-21-16)10-19-9-5-7-14(19)13-6-3-4-8-15(13)20-2/h3-4,6,8,11,14H,5,7,9-10H2,1-2H3,(H,17,18)/t14-/m1/s1. The summed E-state index contributed by atoms with van der Waals surface area (Å²) in [5.41, 5.74) is 2.44. The molecule has 21 heavy (non-hydrogen) atoms. The van der Waals surface area contributed by atoms with Crippen molar-refractivity contribution in [2.45, 2.75) is 25.4 Å². The third-order valence-electron chi connectivity index (χ3n) is 3.99. The van der Waals surface area contributed by atoms with Crippen molar-refractivity contribution < 1.29 is 4.74 Å². The minimum atomic E-state index is 0.431. The van der Waals surface area contributed by atoms with Crippen LogP contribution in [-0.2, 0) is 6.54 Å². The maximum absolute atomic E-state index is 5.53. The Morgan fingerprint density at radius 2 is 2.29 bits per heavy atom. The van der Waals surface area contributed by atoms with Gasteiger partial charge in [-0.25, -0.2) is 4.98 Å². The molecule has 1 saturated heterocycles. The minimum Gasteiger partial charge on any atom is -0.496 e. The van der Waals surface area contributed by atoms with Gasteiger partial charge in [0, 0.05) is 30.6 Å². The SMILES string of the molecule is CNc1nc(CN2CCC[C@@H]2c2ccccc2OC)cs1. The number of likely N-dealkylation sites (tertiary alicyclic amines) is 1. The minimum absolute atomic E-state index is 0.431. The van der Waals surface area contributed by atoms with Crippen LogP contribution in [0.5, 0.6) is 5.75 Å². The van der Waals surface area contributed by atoms with Gasteiger partial charge in [-0.2, -0.15) is 0 Å². The molecule has 0 amide bonds. The molecule has 1 aliphatic heterocycles. The van der Waals surface area contributed by atoms with Crippen molar-refractivity contribution in [3.63, 3.8) is 0 Å². The first-order chi connectivity index (χ1) is 10.3. The summed E-state index contributed by atoms with van der Waals surface area (Å²) in [5, 5.41) is 6.23. The van der Waals surface area contributed by atoms with E-state index in [4.69, 9.17) is 4.74 Å². The van der Waals surface area contributed by atoms with Crippen LogP contribution in [0.1, 0.15) is 30.1 Å². The van der Waals surface area contributed by atoms with E-state index in [1.54, 1.807) is 18.4 Å². The summed E-state index contributed by atoms with van der Waals surface area (Å²) >= 11 is 1.66. The van der Waals surface area contributed by atoms with Crippen LogP contribution in [-0.4, -0.2) is 30.6 Å². The highest BCUT2D eigenvalue weighted by molar-refractivity contribution is 7.13. The molecule has 0 radical (unpaired) electrons. The molecule has 1 aromatic carbocycles. The normalized spacial score (nSPS) is 18.9. The Bertz CT molecular complexity index is 599.